The summed E-state index contributed by atoms with van der Waals surface area (Å²) in [5.41, 5.74) is 2.71. The highest BCUT2D eigenvalue weighted by Crippen LogP contribution is 2.44. The van der Waals surface area contributed by atoms with E-state index in [1.54, 1.807) is 11.5 Å². The van der Waals surface area contributed by atoms with Crippen LogP contribution in [0.4, 0.5) is 24.5 Å². The number of nitrogens with zero attached hydrogens (tertiary/aromatic N) is 8. The van der Waals surface area contributed by atoms with Crippen LogP contribution in [0.2, 0.25) is 5.02 Å². The van der Waals surface area contributed by atoms with E-state index in [4.69, 9.17) is 21.3 Å². The van der Waals surface area contributed by atoms with Gasteiger partial charge in [0.2, 0.25) is 11.7 Å². The van der Waals surface area contributed by atoms with Gasteiger partial charge in [-0.2, -0.15) is 22.7 Å². The molecule has 0 atom stereocenters. The Bertz CT molecular complexity index is 2440. The molecule has 5 heterocycles. The number of ether oxygens (including phenoxy) is 1. The summed E-state index contributed by atoms with van der Waals surface area (Å²) in [5, 5.41) is 17.6. The first-order valence-electron chi connectivity index (χ1n) is 17.3. The molecule has 5 aromatic rings. The number of rotatable bonds is 7. The lowest BCUT2D eigenvalue weighted by Gasteiger charge is -2.36. The van der Waals surface area contributed by atoms with Crippen molar-refractivity contribution in [1.29, 1.82) is 0 Å². The number of amides is 2. The second-order valence-corrected chi connectivity index (χ2v) is 13.8. The average molecular weight is 764 g/mol. The zero-order valence-corrected chi connectivity index (χ0v) is 29.9. The van der Waals surface area contributed by atoms with Gasteiger partial charge in [0.15, 0.2) is 17.3 Å². The molecule has 0 bridgehead atoms. The van der Waals surface area contributed by atoms with E-state index >= 15 is 0 Å². The number of piperazine rings is 1. The molecule has 2 aromatic carbocycles. The van der Waals surface area contributed by atoms with Gasteiger partial charge >= 0.3 is 6.18 Å². The third-order valence-corrected chi connectivity index (χ3v) is 10.6. The van der Waals surface area contributed by atoms with Gasteiger partial charge in [-0.15, -0.1) is 5.10 Å². The predicted octanol–water partition coefficient (Wildman–Crippen LogP) is 4.33. The smallest absolute Gasteiger partial charge is 0.416 e. The van der Waals surface area contributed by atoms with Crippen LogP contribution in [-0.4, -0.2) is 77.1 Å². The van der Waals surface area contributed by atoms with Crippen LogP contribution < -0.4 is 15.8 Å². The highest BCUT2D eigenvalue weighted by molar-refractivity contribution is 6.34. The maximum Gasteiger partial charge on any atom is 0.416 e. The molecule has 2 amide bonds. The maximum atomic E-state index is 14.4. The number of aryl methyl sites for hydroxylation is 1. The zero-order valence-electron chi connectivity index (χ0n) is 29.1. The predicted molar refractivity (Wildman–Crippen MR) is 190 cm³/mol. The SMILES string of the molecule is CCc1c(N2CCN(C(=O)c3ncnc(C)c3O)CC2)c(=O)n2nc(-c3cccc4c3COC4)nc2n1CC(=O)Nc1c(Cl)cc(C(F)(F)F)c2c1CC2. The van der Waals surface area contributed by atoms with Crippen molar-refractivity contribution < 1.29 is 32.6 Å². The molecule has 0 radical (unpaired) electrons. The van der Waals surface area contributed by atoms with Crippen molar-refractivity contribution >= 4 is 40.6 Å². The number of anilines is 2. The molecular weight excluding hydrogens is 731 g/mol. The van der Waals surface area contributed by atoms with Crippen molar-refractivity contribution in [2.75, 3.05) is 36.4 Å². The van der Waals surface area contributed by atoms with Gasteiger partial charge in [0, 0.05) is 31.7 Å². The number of aromatic hydroxyl groups is 1. The first-order chi connectivity index (χ1) is 25.8. The highest BCUT2D eigenvalue weighted by Gasteiger charge is 2.39. The maximum absolute atomic E-state index is 14.4. The van der Waals surface area contributed by atoms with Crippen LogP contribution in [0.1, 0.15) is 56.6 Å². The second kappa shape index (κ2) is 13.4. The van der Waals surface area contributed by atoms with Gasteiger partial charge < -0.3 is 29.5 Å². The largest absolute Gasteiger partial charge is 0.504 e. The van der Waals surface area contributed by atoms with Gasteiger partial charge in [0.05, 0.1) is 40.9 Å². The second-order valence-electron chi connectivity index (χ2n) is 13.3. The number of alkyl halides is 3. The van der Waals surface area contributed by atoms with Gasteiger partial charge in [0.25, 0.3) is 11.5 Å². The van der Waals surface area contributed by atoms with Gasteiger partial charge in [-0.1, -0.05) is 36.7 Å². The van der Waals surface area contributed by atoms with Crippen LogP contribution in [0.25, 0.3) is 17.2 Å². The topological polar surface area (TPSA) is 160 Å². The van der Waals surface area contributed by atoms with E-state index in [9.17, 15) is 32.7 Å². The Kier molecular flexibility index (Phi) is 8.80. The summed E-state index contributed by atoms with van der Waals surface area (Å²) in [5.74, 6) is -1.02. The van der Waals surface area contributed by atoms with E-state index in [0.29, 0.717) is 36.5 Å². The van der Waals surface area contributed by atoms with Crippen LogP contribution in [0.3, 0.4) is 0 Å². The van der Waals surface area contributed by atoms with E-state index in [0.717, 1.165) is 21.7 Å². The number of carbonyl (C=O) groups is 2. The van der Waals surface area contributed by atoms with Crippen molar-refractivity contribution in [2.45, 2.75) is 59.0 Å². The molecule has 2 aliphatic heterocycles. The number of aromatic nitrogens is 6. The van der Waals surface area contributed by atoms with Crippen LogP contribution in [-0.2, 0) is 54.7 Å². The molecule has 1 aliphatic carbocycles. The third-order valence-electron chi connectivity index (χ3n) is 10.3. The Morgan fingerprint density at radius 3 is 2.52 bits per heavy atom. The average Bonchev–Trinajstić information content (AvgIpc) is 3.80. The van der Waals surface area contributed by atoms with E-state index in [-0.39, 0.29) is 96.3 Å². The molecular formula is C36H33ClF3N9O5. The number of hydrogen-bond donors (Lipinski definition) is 2. The molecule has 1 saturated heterocycles. The summed E-state index contributed by atoms with van der Waals surface area (Å²) in [7, 11) is 0. The molecule has 3 aliphatic rings. The first-order valence-corrected chi connectivity index (χ1v) is 17.7. The van der Waals surface area contributed by atoms with E-state index in [1.165, 1.54) is 11.2 Å². The molecule has 2 N–H and O–H groups in total. The van der Waals surface area contributed by atoms with Gasteiger partial charge in [-0.3, -0.25) is 14.4 Å². The Balaban J connectivity index is 1.18. The summed E-state index contributed by atoms with van der Waals surface area (Å²) < 4.78 is 49.5. The number of benzene rings is 2. The summed E-state index contributed by atoms with van der Waals surface area (Å²) in [6.07, 6.45) is -2.56. The lowest BCUT2D eigenvalue weighted by atomic mass is 9.83. The number of carbonyl (C=O) groups excluding carboxylic acids is 2. The van der Waals surface area contributed by atoms with Crippen molar-refractivity contribution in [3.63, 3.8) is 0 Å². The molecule has 1 fully saturated rings. The Morgan fingerprint density at radius 2 is 1.81 bits per heavy atom. The van der Waals surface area contributed by atoms with Gasteiger partial charge in [-0.25, -0.2) is 9.97 Å². The fourth-order valence-electron chi connectivity index (χ4n) is 7.45. The van der Waals surface area contributed by atoms with Crippen LogP contribution in [0.5, 0.6) is 5.75 Å². The van der Waals surface area contributed by atoms with E-state index in [2.05, 4.69) is 20.4 Å². The van der Waals surface area contributed by atoms with Crippen molar-refractivity contribution in [1.82, 2.24) is 34.0 Å². The van der Waals surface area contributed by atoms with Crippen LogP contribution >= 0.6 is 11.6 Å². The van der Waals surface area contributed by atoms with Crippen LogP contribution in [0.15, 0.2) is 35.4 Å². The molecule has 18 heteroatoms. The third kappa shape index (κ3) is 5.91. The quantitative estimate of drug-likeness (QED) is 0.244. The molecule has 0 saturated carbocycles. The highest BCUT2D eigenvalue weighted by atomic mass is 35.5. The Morgan fingerprint density at radius 1 is 1.06 bits per heavy atom. The number of nitrogens with one attached hydrogen (secondary N) is 1. The monoisotopic (exact) mass is 763 g/mol. The van der Waals surface area contributed by atoms with Gasteiger partial charge in [0.1, 0.15) is 18.6 Å². The van der Waals surface area contributed by atoms with Crippen LogP contribution in [0, 0.1) is 6.92 Å². The zero-order chi connectivity index (χ0) is 38.1. The molecule has 8 rings (SSSR count). The lowest BCUT2D eigenvalue weighted by molar-refractivity contribution is -0.138. The fourth-order valence-corrected chi connectivity index (χ4v) is 7.72. The van der Waals surface area contributed by atoms with Crippen molar-refractivity contribution in [2.24, 2.45) is 0 Å². The summed E-state index contributed by atoms with van der Waals surface area (Å²) in [4.78, 5) is 57.6. The minimum absolute atomic E-state index is 0.0946. The van der Waals surface area contributed by atoms with Crippen molar-refractivity contribution in [3.05, 3.63) is 90.9 Å². The van der Waals surface area contributed by atoms with Gasteiger partial charge in [-0.05, 0) is 54.5 Å². The van der Waals surface area contributed by atoms with E-state index < -0.39 is 29.1 Å². The number of halogens is 4. The first kappa shape index (κ1) is 35.5. The van der Waals surface area contributed by atoms with E-state index in [1.807, 2.05) is 30.0 Å². The summed E-state index contributed by atoms with van der Waals surface area (Å²) in [6.45, 7) is 4.64. The number of hydrogen-bond acceptors (Lipinski definition) is 10. The minimum Gasteiger partial charge on any atom is -0.504 e. The Hall–Kier alpha value is -5.55. The van der Waals surface area contributed by atoms with Crippen molar-refractivity contribution in [3.8, 4) is 17.1 Å². The number of fused-ring (bicyclic) bond motifs is 3. The molecule has 0 unspecified atom stereocenters. The normalized spacial score (nSPS) is 15.3. The molecule has 54 heavy (non-hydrogen) atoms. The molecule has 3 aromatic heterocycles. The standard InChI is InChI=1S/C36H33ClF3N9O5/c1-3-26-30(46-9-11-47(12-10-46)33(52)29-31(51)18(2)41-17-42-29)34(53)49-35(44-32(45-49)22-6-4-5-19-15-54-16-23(19)22)48(26)14-27(50)43-28-21-8-7-20(21)24(13-25(28)37)36(38,39)40/h4-6,13,17,51H,3,7-12,14-16H2,1-2H3,(H,43,50). The molecule has 14 nitrogen and oxygen atoms in total. The molecule has 0 spiro atoms. The molecule has 280 valence electrons. The Labute approximate surface area is 310 Å². The minimum atomic E-state index is -4.59. The fraction of sp³-hybridized carbons (Fsp3) is 0.361. The summed E-state index contributed by atoms with van der Waals surface area (Å²) in [6, 6.07) is 6.47. The lowest BCUT2D eigenvalue weighted by Crippen LogP contribution is -2.51. The summed E-state index contributed by atoms with van der Waals surface area (Å²) >= 11 is 6.35.